The molecule has 20 heavy (non-hydrogen) atoms. The van der Waals surface area contributed by atoms with Crippen LogP contribution in [0.3, 0.4) is 0 Å². The van der Waals surface area contributed by atoms with Crippen molar-refractivity contribution in [3.63, 3.8) is 0 Å². The van der Waals surface area contributed by atoms with Crippen LogP contribution in [0.5, 0.6) is 0 Å². The van der Waals surface area contributed by atoms with Crippen molar-refractivity contribution in [3.8, 4) is 0 Å². The summed E-state index contributed by atoms with van der Waals surface area (Å²) in [6, 6.07) is 0. The molecule has 0 amide bonds. The molecule has 1 heterocycles. The highest BCUT2D eigenvalue weighted by molar-refractivity contribution is 9.12. The van der Waals surface area contributed by atoms with E-state index in [4.69, 9.17) is 9.16 Å². The highest BCUT2D eigenvalue weighted by Crippen LogP contribution is 2.36. The van der Waals surface area contributed by atoms with Gasteiger partial charge in [0, 0.05) is 0 Å². The smallest absolute Gasteiger partial charge is 0.345 e. The molecule has 0 saturated carbocycles. The van der Waals surface area contributed by atoms with Gasteiger partial charge in [0.15, 0.2) is 8.32 Å². The zero-order chi connectivity index (χ0) is 15.6. The van der Waals surface area contributed by atoms with Crippen molar-refractivity contribution in [2.75, 3.05) is 6.61 Å². The van der Waals surface area contributed by atoms with Gasteiger partial charge in [0.05, 0.1) is 6.61 Å². The summed E-state index contributed by atoms with van der Waals surface area (Å²) in [5.41, 5.74) is 0. The molecular weight excluding hydrogens is 340 g/mol. The first-order valence-corrected chi connectivity index (χ1v) is 10.3. The van der Waals surface area contributed by atoms with Gasteiger partial charge in [-0.15, -0.1) is 0 Å². The maximum Gasteiger partial charge on any atom is 0.345 e. The van der Waals surface area contributed by atoms with Crippen molar-refractivity contribution in [1.82, 2.24) is 0 Å². The van der Waals surface area contributed by atoms with Crippen molar-refractivity contribution in [1.29, 1.82) is 0 Å². The van der Waals surface area contributed by atoms with Crippen LogP contribution in [0, 0.1) is 0 Å². The Morgan fingerprint density at radius 2 is 2.10 bits per heavy atom. The van der Waals surface area contributed by atoms with E-state index >= 15 is 0 Å². The predicted octanol–water partition coefficient (Wildman–Crippen LogP) is 3.13. The zero-order valence-electron chi connectivity index (χ0n) is 12.6. The van der Waals surface area contributed by atoms with Crippen molar-refractivity contribution in [2.45, 2.75) is 51.1 Å². The minimum Gasteiger partial charge on any atom is -0.451 e. The molecular formula is C14H23BrO4Si. The molecule has 1 rings (SSSR count). The Bertz CT molecular complexity index is 423. The molecule has 0 aromatic rings. The summed E-state index contributed by atoms with van der Waals surface area (Å²) in [5, 5.41) is 9.94. The molecule has 1 aliphatic rings. The van der Waals surface area contributed by atoms with Crippen LogP contribution >= 0.6 is 15.9 Å². The molecule has 0 radical (unpaired) electrons. The average Bonchev–Trinajstić information content (AvgIpc) is 2.29. The number of hydrogen-bond acceptors (Lipinski definition) is 4. The van der Waals surface area contributed by atoms with Crippen LogP contribution in [0.1, 0.15) is 20.8 Å². The lowest BCUT2D eigenvalue weighted by atomic mass is 10.1. The number of carbonyl (C=O) groups is 1. The Hall–Kier alpha value is -0.433. The summed E-state index contributed by atoms with van der Waals surface area (Å²) in [6.07, 6.45) is 3.44. The van der Waals surface area contributed by atoms with Crippen LogP contribution < -0.4 is 0 Å². The zero-order valence-corrected chi connectivity index (χ0v) is 15.2. The standard InChI is InChI=1S/C14H23BrO4Si/c1-14(2,3)20(4,5)18-8-6-7-12-11(16)9-10(15)13(17)19-12/h6-7,9,11-12,16H,8H2,1-5H3/b7-6+/t11-,12+/m1/s1. The number of hydrogen-bond donors (Lipinski definition) is 1. The maximum absolute atomic E-state index is 11.4. The number of esters is 1. The van der Waals surface area contributed by atoms with E-state index < -0.39 is 26.5 Å². The second kappa shape index (κ2) is 6.55. The van der Waals surface area contributed by atoms with Crippen molar-refractivity contribution in [3.05, 3.63) is 22.7 Å². The normalized spacial score (nSPS) is 24.8. The Kier molecular flexibility index (Phi) is 5.77. The topological polar surface area (TPSA) is 55.8 Å². The fourth-order valence-corrected chi connectivity index (χ4v) is 2.69. The molecule has 1 N–H and O–H groups in total. The molecule has 0 aromatic heterocycles. The van der Waals surface area contributed by atoms with E-state index in [1.165, 1.54) is 6.08 Å². The fourth-order valence-electron chi connectivity index (χ4n) is 1.38. The Labute approximate surface area is 130 Å². The van der Waals surface area contributed by atoms with E-state index in [-0.39, 0.29) is 9.52 Å². The first-order valence-electron chi connectivity index (χ1n) is 6.61. The highest BCUT2D eigenvalue weighted by atomic mass is 79.9. The molecule has 0 unspecified atom stereocenters. The maximum atomic E-state index is 11.4. The second-order valence-electron chi connectivity index (χ2n) is 6.37. The quantitative estimate of drug-likeness (QED) is 0.474. The van der Waals surface area contributed by atoms with E-state index in [0.717, 1.165) is 0 Å². The van der Waals surface area contributed by atoms with Crippen molar-refractivity contribution < 1.29 is 19.1 Å². The lowest BCUT2D eigenvalue weighted by Gasteiger charge is -2.35. The first-order chi connectivity index (χ1) is 9.04. The van der Waals surface area contributed by atoms with Gasteiger partial charge in [-0.1, -0.05) is 26.8 Å². The van der Waals surface area contributed by atoms with Crippen LogP contribution in [0.25, 0.3) is 0 Å². The number of halogens is 1. The molecule has 0 saturated heterocycles. The molecule has 4 nitrogen and oxygen atoms in total. The van der Waals surface area contributed by atoms with Gasteiger partial charge in [0.25, 0.3) is 0 Å². The minimum atomic E-state index is -1.77. The van der Waals surface area contributed by atoms with E-state index in [0.29, 0.717) is 6.61 Å². The molecule has 2 atom stereocenters. The third-order valence-corrected chi connectivity index (χ3v) is 8.85. The lowest BCUT2D eigenvalue weighted by molar-refractivity contribution is -0.146. The van der Waals surface area contributed by atoms with Crippen LogP contribution in [0.4, 0.5) is 0 Å². The third-order valence-electron chi connectivity index (χ3n) is 3.76. The Morgan fingerprint density at radius 3 is 2.65 bits per heavy atom. The fraction of sp³-hybridized carbons (Fsp3) is 0.643. The van der Waals surface area contributed by atoms with Gasteiger partial charge in [-0.3, -0.25) is 0 Å². The number of carbonyl (C=O) groups excluding carboxylic acids is 1. The summed E-state index contributed by atoms with van der Waals surface area (Å²) in [7, 11) is -1.77. The van der Waals surface area contributed by atoms with Crippen LogP contribution in [0.2, 0.25) is 18.1 Å². The molecule has 0 aliphatic carbocycles. The number of aliphatic hydroxyl groups excluding tert-OH is 1. The van der Waals surface area contributed by atoms with Crippen LogP contribution in [0.15, 0.2) is 22.7 Å². The first kappa shape index (κ1) is 17.6. The number of ether oxygens (including phenoxy) is 1. The van der Waals surface area contributed by atoms with Crippen molar-refractivity contribution in [2.24, 2.45) is 0 Å². The second-order valence-corrected chi connectivity index (χ2v) is 12.0. The molecule has 0 aromatic carbocycles. The predicted molar refractivity (Wildman–Crippen MR) is 85.2 cm³/mol. The summed E-state index contributed by atoms with van der Waals surface area (Å²) in [6.45, 7) is 11.3. The summed E-state index contributed by atoms with van der Waals surface area (Å²) < 4.78 is 11.3. The number of rotatable bonds is 4. The van der Waals surface area contributed by atoms with Gasteiger partial charge in [0.1, 0.15) is 16.7 Å². The van der Waals surface area contributed by atoms with Crippen LogP contribution in [-0.4, -0.2) is 38.2 Å². The SMILES string of the molecule is CC(C)(C)[Si](C)(C)OC/C=C/[C@@H]1OC(=O)C(Br)=C[C@H]1O. The monoisotopic (exact) mass is 362 g/mol. The molecule has 0 bridgehead atoms. The van der Waals surface area contributed by atoms with Gasteiger partial charge in [-0.05, 0) is 46.2 Å². The van der Waals surface area contributed by atoms with Crippen LogP contribution in [-0.2, 0) is 14.0 Å². The molecule has 0 spiro atoms. The number of cyclic esters (lactones) is 1. The van der Waals surface area contributed by atoms with E-state index in [9.17, 15) is 9.90 Å². The third kappa shape index (κ3) is 4.55. The van der Waals surface area contributed by atoms with E-state index in [1.54, 1.807) is 12.2 Å². The average molecular weight is 363 g/mol. The summed E-state index contributed by atoms with van der Waals surface area (Å²) in [5.74, 6) is -0.463. The lowest BCUT2D eigenvalue weighted by Crippen LogP contribution is -2.40. The van der Waals surface area contributed by atoms with Gasteiger partial charge in [-0.25, -0.2) is 4.79 Å². The van der Waals surface area contributed by atoms with E-state index in [1.807, 2.05) is 0 Å². The minimum absolute atomic E-state index is 0.158. The highest BCUT2D eigenvalue weighted by Gasteiger charge is 2.36. The number of aliphatic hydroxyl groups is 1. The van der Waals surface area contributed by atoms with Gasteiger partial charge < -0.3 is 14.3 Å². The summed E-state index contributed by atoms with van der Waals surface area (Å²) >= 11 is 3.03. The Morgan fingerprint density at radius 1 is 1.50 bits per heavy atom. The van der Waals surface area contributed by atoms with Crippen molar-refractivity contribution >= 4 is 30.2 Å². The van der Waals surface area contributed by atoms with Gasteiger partial charge >= 0.3 is 5.97 Å². The largest absolute Gasteiger partial charge is 0.451 e. The van der Waals surface area contributed by atoms with Gasteiger partial charge in [0.2, 0.25) is 0 Å². The molecule has 6 heteroatoms. The Balaban J connectivity index is 2.53. The van der Waals surface area contributed by atoms with Gasteiger partial charge in [-0.2, -0.15) is 0 Å². The molecule has 1 aliphatic heterocycles. The summed E-state index contributed by atoms with van der Waals surface area (Å²) in [4.78, 5) is 11.4. The molecule has 114 valence electrons. The molecule has 0 fully saturated rings. The van der Waals surface area contributed by atoms with E-state index in [2.05, 4.69) is 49.8 Å².